The van der Waals surface area contributed by atoms with Gasteiger partial charge < -0.3 is 10.6 Å². The van der Waals surface area contributed by atoms with Crippen molar-refractivity contribution in [2.24, 2.45) is 0 Å². The summed E-state index contributed by atoms with van der Waals surface area (Å²) < 4.78 is 0. The van der Waals surface area contributed by atoms with Gasteiger partial charge in [0.15, 0.2) is 0 Å². The molecule has 0 spiro atoms. The van der Waals surface area contributed by atoms with Gasteiger partial charge in [-0.05, 0) is 42.3 Å². The third kappa shape index (κ3) is 4.48. The van der Waals surface area contributed by atoms with Gasteiger partial charge in [-0.1, -0.05) is 41.4 Å². The van der Waals surface area contributed by atoms with E-state index < -0.39 is 11.8 Å². The van der Waals surface area contributed by atoms with Crippen LogP contribution in [0.2, 0.25) is 10.0 Å². The van der Waals surface area contributed by atoms with E-state index >= 15 is 0 Å². The molecule has 2 N–H and O–H groups in total. The molecule has 4 nitrogen and oxygen atoms in total. The van der Waals surface area contributed by atoms with Crippen molar-refractivity contribution in [2.45, 2.75) is 13.5 Å². The van der Waals surface area contributed by atoms with Crippen LogP contribution in [0.1, 0.15) is 11.1 Å². The van der Waals surface area contributed by atoms with Crippen LogP contribution < -0.4 is 10.6 Å². The predicted molar refractivity (Wildman–Crippen MR) is 88.1 cm³/mol. The lowest BCUT2D eigenvalue weighted by Gasteiger charge is -2.09. The highest BCUT2D eigenvalue weighted by atomic mass is 35.5. The first kappa shape index (κ1) is 16.3. The molecule has 0 unspecified atom stereocenters. The van der Waals surface area contributed by atoms with Crippen molar-refractivity contribution in [3.8, 4) is 0 Å². The second-order valence-electron chi connectivity index (χ2n) is 4.72. The number of carbonyl (C=O) groups excluding carboxylic acids is 2. The van der Waals surface area contributed by atoms with Gasteiger partial charge >= 0.3 is 11.8 Å². The molecule has 0 bridgehead atoms. The summed E-state index contributed by atoms with van der Waals surface area (Å²) >= 11 is 11.7. The number of carbonyl (C=O) groups is 2. The molecule has 2 amide bonds. The van der Waals surface area contributed by atoms with Crippen LogP contribution in [0.3, 0.4) is 0 Å². The molecule has 0 heterocycles. The molecule has 2 aromatic rings. The van der Waals surface area contributed by atoms with Crippen LogP contribution >= 0.6 is 23.2 Å². The Morgan fingerprint density at radius 3 is 2.27 bits per heavy atom. The fourth-order valence-electron chi connectivity index (χ4n) is 1.77. The SMILES string of the molecule is Cc1ccc(Cl)cc1NC(=O)C(=O)NCc1ccc(Cl)cc1. The predicted octanol–water partition coefficient (Wildman–Crippen LogP) is 3.56. The van der Waals surface area contributed by atoms with Crippen LogP contribution in [-0.4, -0.2) is 11.8 Å². The van der Waals surface area contributed by atoms with Crippen LogP contribution in [0.15, 0.2) is 42.5 Å². The van der Waals surface area contributed by atoms with E-state index in [1.807, 2.05) is 6.92 Å². The zero-order chi connectivity index (χ0) is 16.1. The maximum absolute atomic E-state index is 11.9. The number of benzene rings is 2. The Morgan fingerprint density at radius 2 is 1.59 bits per heavy atom. The van der Waals surface area contributed by atoms with E-state index in [4.69, 9.17) is 23.2 Å². The molecule has 0 atom stereocenters. The summed E-state index contributed by atoms with van der Waals surface area (Å²) in [6.45, 7) is 2.06. The first-order chi connectivity index (χ1) is 10.5. The molecule has 0 saturated heterocycles. The summed E-state index contributed by atoms with van der Waals surface area (Å²) in [7, 11) is 0. The second-order valence-corrected chi connectivity index (χ2v) is 5.60. The number of anilines is 1. The number of amides is 2. The smallest absolute Gasteiger partial charge is 0.313 e. The largest absolute Gasteiger partial charge is 0.344 e. The Balaban J connectivity index is 1.93. The number of hydrogen-bond donors (Lipinski definition) is 2. The molecule has 0 aromatic heterocycles. The second kappa shape index (κ2) is 7.29. The lowest BCUT2D eigenvalue weighted by Crippen LogP contribution is -2.35. The molecule has 114 valence electrons. The van der Waals surface area contributed by atoms with Gasteiger partial charge in [-0.25, -0.2) is 0 Å². The van der Waals surface area contributed by atoms with Gasteiger partial charge in [0.1, 0.15) is 0 Å². The number of rotatable bonds is 3. The lowest BCUT2D eigenvalue weighted by molar-refractivity contribution is -0.136. The first-order valence-corrected chi connectivity index (χ1v) is 7.31. The van der Waals surface area contributed by atoms with Crippen LogP contribution in [0.25, 0.3) is 0 Å². The van der Waals surface area contributed by atoms with Crippen molar-refractivity contribution in [2.75, 3.05) is 5.32 Å². The Hall–Kier alpha value is -2.04. The van der Waals surface area contributed by atoms with Gasteiger partial charge in [0.05, 0.1) is 0 Å². The van der Waals surface area contributed by atoms with Crippen molar-refractivity contribution in [1.29, 1.82) is 0 Å². The van der Waals surface area contributed by atoms with E-state index in [2.05, 4.69) is 10.6 Å². The Kier molecular flexibility index (Phi) is 5.41. The van der Waals surface area contributed by atoms with Gasteiger partial charge in [0, 0.05) is 22.3 Å². The van der Waals surface area contributed by atoms with E-state index in [1.165, 1.54) is 0 Å². The van der Waals surface area contributed by atoms with Crippen molar-refractivity contribution in [1.82, 2.24) is 5.32 Å². The molecular weight excluding hydrogens is 323 g/mol. The minimum absolute atomic E-state index is 0.248. The van der Waals surface area contributed by atoms with Crippen LogP contribution in [0.4, 0.5) is 5.69 Å². The number of hydrogen-bond acceptors (Lipinski definition) is 2. The Morgan fingerprint density at radius 1 is 0.955 bits per heavy atom. The molecule has 6 heteroatoms. The summed E-state index contributed by atoms with van der Waals surface area (Å²) in [6.07, 6.45) is 0. The topological polar surface area (TPSA) is 58.2 Å². The minimum atomic E-state index is -0.737. The fraction of sp³-hybridized carbons (Fsp3) is 0.125. The zero-order valence-corrected chi connectivity index (χ0v) is 13.3. The van der Waals surface area contributed by atoms with Crippen molar-refractivity contribution in [3.05, 3.63) is 63.6 Å². The normalized spacial score (nSPS) is 10.1. The molecule has 22 heavy (non-hydrogen) atoms. The molecular formula is C16H14Cl2N2O2. The van der Waals surface area contributed by atoms with E-state index in [9.17, 15) is 9.59 Å². The van der Waals surface area contributed by atoms with E-state index in [1.54, 1.807) is 42.5 Å². The van der Waals surface area contributed by atoms with Gasteiger partial charge in [-0.2, -0.15) is 0 Å². The summed E-state index contributed by atoms with van der Waals surface area (Å²) in [6, 6.07) is 12.1. The Bertz CT molecular complexity index is 700. The van der Waals surface area contributed by atoms with Gasteiger partial charge in [-0.15, -0.1) is 0 Å². The first-order valence-electron chi connectivity index (χ1n) is 6.55. The molecule has 2 aromatic carbocycles. The maximum Gasteiger partial charge on any atom is 0.313 e. The van der Waals surface area contributed by atoms with E-state index in [-0.39, 0.29) is 6.54 Å². The summed E-state index contributed by atoms with van der Waals surface area (Å²) in [5.41, 5.74) is 2.19. The molecule has 0 radical (unpaired) electrons. The van der Waals surface area contributed by atoms with Crippen LogP contribution in [0, 0.1) is 6.92 Å². The maximum atomic E-state index is 11.9. The highest BCUT2D eigenvalue weighted by molar-refractivity contribution is 6.40. The van der Waals surface area contributed by atoms with Crippen molar-refractivity contribution < 1.29 is 9.59 Å². The number of halogens is 2. The summed E-state index contributed by atoms with van der Waals surface area (Å²) in [4.78, 5) is 23.7. The molecule has 0 aliphatic heterocycles. The van der Waals surface area contributed by atoms with E-state index in [0.29, 0.717) is 15.7 Å². The molecule has 0 aliphatic rings. The molecule has 2 rings (SSSR count). The monoisotopic (exact) mass is 336 g/mol. The average molecular weight is 337 g/mol. The number of aryl methyl sites for hydroxylation is 1. The fourth-order valence-corrected chi connectivity index (χ4v) is 2.07. The van der Waals surface area contributed by atoms with E-state index in [0.717, 1.165) is 11.1 Å². The van der Waals surface area contributed by atoms with Gasteiger partial charge in [0.2, 0.25) is 0 Å². The van der Waals surface area contributed by atoms with Crippen molar-refractivity contribution in [3.63, 3.8) is 0 Å². The molecule has 0 saturated carbocycles. The molecule has 0 aliphatic carbocycles. The minimum Gasteiger partial charge on any atom is -0.344 e. The summed E-state index contributed by atoms with van der Waals surface area (Å²) in [5, 5.41) is 6.19. The Labute approximate surface area is 138 Å². The zero-order valence-electron chi connectivity index (χ0n) is 11.8. The highest BCUT2D eigenvalue weighted by Gasteiger charge is 2.14. The molecule has 0 fully saturated rings. The highest BCUT2D eigenvalue weighted by Crippen LogP contribution is 2.20. The van der Waals surface area contributed by atoms with Crippen LogP contribution in [-0.2, 0) is 16.1 Å². The van der Waals surface area contributed by atoms with Crippen LogP contribution in [0.5, 0.6) is 0 Å². The van der Waals surface area contributed by atoms with Gasteiger partial charge in [-0.3, -0.25) is 9.59 Å². The lowest BCUT2D eigenvalue weighted by atomic mass is 10.2. The average Bonchev–Trinajstić information content (AvgIpc) is 2.50. The van der Waals surface area contributed by atoms with Gasteiger partial charge in [0.25, 0.3) is 0 Å². The standard InChI is InChI=1S/C16H14Cl2N2O2/c1-10-2-5-13(18)8-14(10)20-16(22)15(21)19-9-11-3-6-12(17)7-4-11/h2-8H,9H2,1H3,(H,19,21)(H,20,22). The van der Waals surface area contributed by atoms with Crippen molar-refractivity contribution >= 4 is 40.7 Å². The third-order valence-corrected chi connectivity index (χ3v) is 3.51. The number of nitrogens with one attached hydrogen (secondary N) is 2. The summed E-state index contributed by atoms with van der Waals surface area (Å²) in [5.74, 6) is -1.45. The quantitative estimate of drug-likeness (QED) is 0.842. The third-order valence-electron chi connectivity index (χ3n) is 3.02.